The van der Waals surface area contributed by atoms with Crippen LogP contribution < -0.4 is 9.46 Å². The number of hydrogen-bond acceptors (Lipinski definition) is 5. The summed E-state index contributed by atoms with van der Waals surface area (Å²) >= 11 is 12.7. The van der Waals surface area contributed by atoms with Crippen molar-refractivity contribution in [2.24, 2.45) is 0 Å². The van der Waals surface area contributed by atoms with Crippen molar-refractivity contribution < 1.29 is 22.3 Å². The molecule has 0 fully saturated rings. The molecule has 0 aliphatic heterocycles. The van der Waals surface area contributed by atoms with Gasteiger partial charge in [0.1, 0.15) is 16.6 Å². The van der Waals surface area contributed by atoms with Crippen LogP contribution in [0.15, 0.2) is 60.8 Å². The molecule has 1 heterocycles. The summed E-state index contributed by atoms with van der Waals surface area (Å²) in [6, 6.07) is 14.9. The monoisotopic (exact) mass is 518 g/mol. The van der Waals surface area contributed by atoms with Gasteiger partial charge in [0, 0.05) is 27.6 Å². The van der Waals surface area contributed by atoms with E-state index in [0.717, 1.165) is 23.1 Å². The first kappa shape index (κ1) is 23.9. The van der Waals surface area contributed by atoms with E-state index >= 15 is 0 Å². The molecule has 0 aliphatic carbocycles. The number of aryl methyl sites for hydroxylation is 1. The number of amides is 1. The Kier molecular flexibility index (Phi) is 6.49. The Balaban J connectivity index is 1.66. The molecule has 0 saturated carbocycles. The molecular formula is C24H17Cl2FN2O4S. The molecule has 4 aromatic rings. The standard InChI is InChI=1S/C24H17Cl2FN2O4S/c1-13-9-18(23(30)29-34(2,31)32)21(27)11-17(13)14-10-20(26)24(28-12-14)33-22-8-7-19(25)15-5-3-4-6-16(15)22/h3-12H,1-2H3,(H,29,30). The first-order chi connectivity index (χ1) is 16.0. The van der Waals surface area contributed by atoms with Crippen molar-refractivity contribution >= 4 is 49.9 Å². The molecule has 1 N–H and O–H groups in total. The molecule has 10 heteroatoms. The fourth-order valence-electron chi connectivity index (χ4n) is 3.47. The first-order valence-corrected chi connectivity index (χ1v) is 12.5. The van der Waals surface area contributed by atoms with Gasteiger partial charge >= 0.3 is 0 Å². The van der Waals surface area contributed by atoms with Crippen LogP contribution in [0.2, 0.25) is 10.0 Å². The zero-order valence-corrected chi connectivity index (χ0v) is 20.2. The van der Waals surface area contributed by atoms with Gasteiger partial charge in [-0.1, -0.05) is 47.5 Å². The SMILES string of the molecule is Cc1cc(C(=O)NS(C)(=O)=O)c(F)cc1-c1cnc(Oc2ccc(Cl)c3ccccc23)c(Cl)c1. The fraction of sp³-hybridized carbons (Fsp3) is 0.0833. The zero-order valence-electron chi connectivity index (χ0n) is 17.9. The van der Waals surface area contributed by atoms with Gasteiger partial charge in [-0.3, -0.25) is 4.79 Å². The number of rotatable bonds is 5. The number of sulfonamides is 1. The molecule has 0 aliphatic rings. The highest BCUT2D eigenvalue weighted by Gasteiger charge is 2.19. The molecule has 0 bridgehead atoms. The number of nitrogens with one attached hydrogen (secondary N) is 1. The molecule has 1 aromatic heterocycles. The quantitative estimate of drug-likeness (QED) is 0.343. The van der Waals surface area contributed by atoms with Crippen LogP contribution >= 0.6 is 23.2 Å². The van der Waals surface area contributed by atoms with Gasteiger partial charge in [0.2, 0.25) is 15.9 Å². The van der Waals surface area contributed by atoms with Gasteiger partial charge in [0.15, 0.2) is 0 Å². The van der Waals surface area contributed by atoms with Crippen LogP contribution in [0, 0.1) is 12.7 Å². The van der Waals surface area contributed by atoms with Gasteiger partial charge in [-0.25, -0.2) is 22.5 Å². The lowest BCUT2D eigenvalue weighted by atomic mass is 9.99. The highest BCUT2D eigenvalue weighted by molar-refractivity contribution is 7.89. The lowest BCUT2D eigenvalue weighted by Crippen LogP contribution is -2.30. The van der Waals surface area contributed by atoms with Gasteiger partial charge in [-0.05, 0) is 48.4 Å². The second-order valence-corrected chi connectivity index (χ2v) is 10.1. The molecular weight excluding hydrogens is 502 g/mol. The second-order valence-electron chi connectivity index (χ2n) is 7.55. The van der Waals surface area contributed by atoms with E-state index in [1.807, 2.05) is 24.3 Å². The first-order valence-electron chi connectivity index (χ1n) is 9.87. The topological polar surface area (TPSA) is 85.4 Å². The Hall–Kier alpha value is -3.20. The van der Waals surface area contributed by atoms with Gasteiger partial charge in [-0.15, -0.1) is 0 Å². The fourth-order valence-corrected chi connectivity index (χ4v) is 4.34. The Morgan fingerprint density at radius 3 is 2.41 bits per heavy atom. The van der Waals surface area contributed by atoms with E-state index in [1.54, 1.807) is 29.8 Å². The third-order valence-corrected chi connectivity index (χ3v) is 6.15. The van der Waals surface area contributed by atoms with Gasteiger partial charge < -0.3 is 4.74 Å². The predicted molar refractivity (Wildman–Crippen MR) is 131 cm³/mol. The van der Waals surface area contributed by atoms with Crippen molar-refractivity contribution in [1.82, 2.24) is 9.71 Å². The highest BCUT2D eigenvalue weighted by Crippen LogP contribution is 2.37. The van der Waals surface area contributed by atoms with E-state index in [9.17, 15) is 17.6 Å². The third kappa shape index (κ3) is 4.99. The molecule has 6 nitrogen and oxygen atoms in total. The Morgan fingerprint density at radius 1 is 1.03 bits per heavy atom. The van der Waals surface area contributed by atoms with E-state index in [2.05, 4.69) is 4.98 Å². The molecule has 1 amide bonds. The number of benzene rings is 3. The van der Waals surface area contributed by atoms with Crippen molar-refractivity contribution in [3.05, 3.63) is 87.8 Å². The lowest BCUT2D eigenvalue weighted by Gasteiger charge is -2.13. The molecule has 4 rings (SSSR count). The maximum absolute atomic E-state index is 14.6. The zero-order chi connectivity index (χ0) is 24.6. The molecule has 0 radical (unpaired) electrons. The summed E-state index contributed by atoms with van der Waals surface area (Å²) in [6.45, 7) is 1.66. The second kappa shape index (κ2) is 9.21. The number of nitrogens with zero attached hydrogens (tertiary/aromatic N) is 1. The lowest BCUT2D eigenvalue weighted by molar-refractivity contribution is 0.0977. The predicted octanol–water partition coefficient (Wildman–Crippen LogP) is 6.14. The molecule has 0 spiro atoms. The molecule has 0 atom stereocenters. The number of aromatic nitrogens is 1. The van der Waals surface area contributed by atoms with Crippen LogP contribution in [-0.2, 0) is 10.0 Å². The van der Waals surface area contributed by atoms with Crippen molar-refractivity contribution in [3.63, 3.8) is 0 Å². The van der Waals surface area contributed by atoms with E-state index in [0.29, 0.717) is 27.5 Å². The minimum atomic E-state index is -3.83. The summed E-state index contributed by atoms with van der Waals surface area (Å²) in [5, 5.41) is 2.39. The van der Waals surface area contributed by atoms with Crippen LogP contribution in [0.4, 0.5) is 4.39 Å². The molecule has 0 saturated heterocycles. The third-order valence-electron chi connectivity index (χ3n) is 4.99. The number of fused-ring (bicyclic) bond motifs is 1. The van der Waals surface area contributed by atoms with Gasteiger partial charge in [0.05, 0.1) is 11.8 Å². The largest absolute Gasteiger partial charge is 0.437 e. The van der Waals surface area contributed by atoms with Crippen molar-refractivity contribution in [2.75, 3.05) is 6.26 Å². The van der Waals surface area contributed by atoms with Gasteiger partial charge in [0.25, 0.3) is 5.91 Å². The minimum absolute atomic E-state index is 0.153. The Labute approximate surface area is 205 Å². The van der Waals surface area contributed by atoms with Crippen LogP contribution in [0.3, 0.4) is 0 Å². The summed E-state index contributed by atoms with van der Waals surface area (Å²) in [6.07, 6.45) is 2.28. The summed E-state index contributed by atoms with van der Waals surface area (Å²) in [4.78, 5) is 16.4. The summed E-state index contributed by atoms with van der Waals surface area (Å²) in [5.74, 6) is -1.26. The summed E-state index contributed by atoms with van der Waals surface area (Å²) in [7, 11) is -3.83. The van der Waals surface area contributed by atoms with E-state index in [-0.39, 0.29) is 16.5 Å². The van der Waals surface area contributed by atoms with Crippen LogP contribution in [0.25, 0.3) is 21.9 Å². The smallest absolute Gasteiger partial charge is 0.267 e. The Bertz CT molecular complexity index is 1560. The van der Waals surface area contributed by atoms with Gasteiger partial charge in [-0.2, -0.15) is 0 Å². The van der Waals surface area contributed by atoms with Crippen LogP contribution in [-0.4, -0.2) is 25.6 Å². The normalized spacial score (nSPS) is 11.4. The van der Waals surface area contributed by atoms with E-state index < -0.39 is 21.7 Å². The van der Waals surface area contributed by atoms with E-state index in [1.165, 1.54) is 12.3 Å². The summed E-state index contributed by atoms with van der Waals surface area (Å²) < 4.78 is 44.9. The molecule has 0 unspecified atom stereocenters. The maximum atomic E-state index is 14.6. The average molecular weight is 519 g/mol. The number of ether oxygens (including phenoxy) is 1. The maximum Gasteiger partial charge on any atom is 0.267 e. The average Bonchev–Trinajstić information content (AvgIpc) is 2.77. The van der Waals surface area contributed by atoms with E-state index in [4.69, 9.17) is 27.9 Å². The molecule has 174 valence electrons. The number of pyridine rings is 1. The number of halogens is 3. The molecule has 34 heavy (non-hydrogen) atoms. The van der Waals surface area contributed by atoms with Crippen molar-refractivity contribution in [1.29, 1.82) is 0 Å². The Morgan fingerprint density at radius 2 is 1.74 bits per heavy atom. The number of carbonyl (C=O) groups is 1. The van der Waals surface area contributed by atoms with Crippen molar-refractivity contribution in [3.8, 4) is 22.8 Å². The minimum Gasteiger partial charge on any atom is -0.437 e. The number of hydrogen-bond donors (Lipinski definition) is 1. The molecule has 3 aromatic carbocycles. The highest BCUT2D eigenvalue weighted by atomic mass is 35.5. The van der Waals surface area contributed by atoms with Crippen molar-refractivity contribution in [2.45, 2.75) is 6.92 Å². The number of carbonyl (C=O) groups excluding carboxylic acids is 1. The van der Waals surface area contributed by atoms with Crippen LogP contribution in [0.1, 0.15) is 15.9 Å². The van der Waals surface area contributed by atoms with Crippen LogP contribution in [0.5, 0.6) is 11.6 Å². The summed E-state index contributed by atoms with van der Waals surface area (Å²) in [5.41, 5.74) is 1.06.